The highest BCUT2D eigenvalue weighted by molar-refractivity contribution is 5.86. The lowest BCUT2D eigenvalue weighted by molar-refractivity contribution is 0.0690. The summed E-state index contributed by atoms with van der Waals surface area (Å²) in [7, 11) is 0. The van der Waals surface area contributed by atoms with Gasteiger partial charge < -0.3 is 10.0 Å². The van der Waals surface area contributed by atoms with Gasteiger partial charge in [0.05, 0.1) is 0 Å². The van der Waals surface area contributed by atoms with Gasteiger partial charge in [-0.3, -0.25) is 0 Å². The predicted octanol–water partition coefficient (Wildman–Crippen LogP) is 2.51. The van der Waals surface area contributed by atoms with Crippen LogP contribution in [0.25, 0.3) is 0 Å². The van der Waals surface area contributed by atoms with E-state index in [-0.39, 0.29) is 5.69 Å². The largest absolute Gasteiger partial charge is 0.477 e. The molecule has 0 aliphatic heterocycles. The van der Waals surface area contributed by atoms with Crippen molar-refractivity contribution in [1.82, 2.24) is 9.97 Å². The molecule has 0 saturated heterocycles. The quantitative estimate of drug-likeness (QED) is 0.905. The van der Waals surface area contributed by atoms with Crippen molar-refractivity contribution in [3.05, 3.63) is 53.5 Å². The summed E-state index contributed by atoms with van der Waals surface area (Å²) >= 11 is 0. The molecule has 0 unspecified atom stereocenters. The fraction of sp³-hybridized carbons (Fsp3) is 0.267. The Hall–Kier alpha value is -2.43. The van der Waals surface area contributed by atoms with Gasteiger partial charge in [-0.1, -0.05) is 30.3 Å². The van der Waals surface area contributed by atoms with Crippen molar-refractivity contribution in [3.8, 4) is 0 Å². The summed E-state index contributed by atoms with van der Waals surface area (Å²) in [6.45, 7) is 5.14. The highest BCUT2D eigenvalue weighted by Crippen LogP contribution is 2.16. The van der Waals surface area contributed by atoms with Gasteiger partial charge in [-0.2, -0.15) is 0 Å². The summed E-state index contributed by atoms with van der Waals surface area (Å²) in [6.07, 6.45) is 0. The van der Waals surface area contributed by atoms with Gasteiger partial charge in [-0.15, -0.1) is 0 Å². The van der Waals surface area contributed by atoms with E-state index in [0.717, 1.165) is 12.1 Å². The summed E-state index contributed by atoms with van der Waals surface area (Å²) < 4.78 is 0. The van der Waals surface area contributed by atoms with Gasteiger partial charge in [-0.25, -0.2) is 14.8 Å². The fourth-order valence-electron chi connectivity index (χ4n) is 1.98. The number of hydrogen-bond acceptors (Lipinski definition) is 4. The first-order valence-electron chi connectivity index (χ1n) is 6.48. The van der Waals surface area contributed by atoms with E-state index in [1.807, 2.05) is 42.2 Å². The van der Waals surface area contributed by atoms with Crippen LogP contribution in [-0.4, -0.2) is 27.6 Å². The van der Waals surface area contributed by atoms with Crippen molar-refractivity contribution >= 4 is 11.8 Å². The van der Waals surface area contributed by atoms with Crippen LogP contribution in [0.1, 0.15) is 28.8 Å². The SMILES string of the molecule is CCN(Cc1ccccc1)c1cc(C(=O)O)nc(C)n1. The van der Waals surface area contributed by atoms with E-state index in [2.05, 4.69) is 9.97 Å². The number of carboxylic acid groups (broad SMARTS) is 1. The lowest BCUT2D eigenvalue weighted by Gasteiger charge is -2.22. The molecule has 20 heavy (non-hydrogen) atoms. The van der Waals surface area contributed by atoms with Crippen molar-refractivity contribution in [1.29, 1.82) is 0 Å². The summed E-state index contributed by atoms with van der Waals surface area (Å²) in [5.74, 6) is 0.0696. The van der Waals surface area contributed by atoms with Crippen LogP contribution < -0.4 is 4.90 Å². The van der Waals surface area contributed by atoms with E-state index in [4.69, 9.17) is 5.11 Å². The number of nitrogens with zero attached hydrogens (tertiary/aromatic N) is 3. The first kappa shape index (κ1) is 14.0. The first-order chi connectivity index (χ1) is 9.60. The molecule has 0 bridgehead atoms. The maximum atomic E-state index is 11.1. The zero-order valence-corrected chi connectivity index (χ0v) is 11.6. The number of anilines is 1. The summed E-state index contributed by atoms with van der Waals surface area (Å²) in [4.78, 5) is 21.3. The molecule has 0 atom stereocenters. The van der Waals surface area contributed by atoms with Gasteiger partial charge in [0.25, 0.3) is 0 Å². The van der Waals surface area contributed by atoms with E-state index >= 15 is 0 Å². The Labute approximate surface area is 117 Å². The number of carboxylic acids is 1. The standard InChI is InChI=1S/C15H17N3O2/c1-3-18(10-12-7-5-4-6-8-12)14-9-13(15(19)20)16-11(2)17-14/h4-9H,3,10H2,1-2H3,(H,19,20). The van der Waals surface area contributed by atoms with Crippen LogP contribution in [0.2, 0.25) is 0 Å². The van der Waals surface area contributed by atoms with Crippen molar-refractivity contribution in [2.24, 2.45) is 0 Å². The normalized spacial score (nSPS) is 10.3. The molecule has 5 nitrogen and oxygen atoms in total. The highest BCUT2D eigenvalue weighted by Gasteiger charge is 2.13. The molecule has 0 saturated carbocycles. The number of hydrogen-bond donors (Lipinski definition) is 1. The molecule has 2 rings (SSSR count). The van der Waals surface area contributed by atoms with Crippen LogP contribution in [-0.2, 0) is 6.54 Å². The van der Waals surface area contributed by atoms with Crippen LogP contribution in [0.5, 0.6) is 0 Å². The molecule has 0 amide bonds. The molecule has 1 aromatic carbocycles. The Balaban J connectivity index is 2.29. The second-order valence-corrected chi connectivity index (χ2v) is 4.46. The van der Waals surface area contributed by atoms with E-state index in [0.29, 0.717) is 18.2 Å². The molecule has 2 aromatic rings. The Kier molecular flexibility index (Phi) is 4.30. The second kappa shape index (κ2) is 6.14. The van der Waals surface area contributed by atoms with Crippen LogP contribution in [0, 0.1) is 6.92 Å². The number of aromatic nitrogens is 2. The lowest BCUT2D eigenvalue weighted by Crippen LogP contribution is -2.24. The zero-order chi connectivity index (χ0) is 14.5. The monoisotopic (exact) mass is 271 g/mol. The third kappa shape index (κ3) is 3.32. The van der Waals surface area contributed by atoms with Gasteiger partial charge in [0.15, 0.2) is 5.69 Å². The van der Waals surface area contributed by atoms with Crippen LogP contribution in [0.15, 0.2) is 36.4 Å². The Morgan fingerprint density at radius 1 is 1.25 bits per heavy atom. The topological polar surface area (TPSA) is 66.3 Å². The summed E-state index contributed by atoms with van der Waals surface area (Å²) in [5.41, 5.74) is 1.18. The minimum atomic E-state index is -1.03. The molecule has 1 N–H and O–H groups in total. The minimum Gasteiger partial charge on any atom is -0.477 e. The molecule has 0 aliphatic rings. The van der Waals surface area contributed by atoms with Crippen molar-refractivity contribution < 1.29 is 9.90 Å². The molecular formula is C15H17N3O2. The van der Waals surface area contributed by atoms with Crippen molar-refractivity contribution in [2.75, 3.05) is 11.4 Å². The molecule has 0 radical (unpaired) electrons. The molecule has 5 heteroatoms. The highest BCUT2D eigenvalue weighted by atomic mass is 16.4. The number of aromatic carboxylic acids is 1. The number of benzene rings is 1. The molecule has 104 valence electrons. The van der Waals surface area contributed by atoms with Crippen LogP contribution in [0.3, 0.4) is 0 Å². The molecule has 0 spiro atoms. The van der Waals surface area contributed by atoms with Crippen LogP contribution >= 0.6 is 0 Å². The van der Waals surface area contributed by atoms with Gasteiger partial charge in [0.1, 0.15) is 11.6 Å². The average molecular weight is 271 g/mol. The Morgan fingerprint density at radius 2 is 1.95 bits per heavy atom. The predicted molar refractivity (Wildman–Crippen MR) is 76.9 cm³/mol. The van der Waals surface area contributed by atoms with Crippen molar-refractivity contribution in [2.45, 2.75) is 20.4 Å². The van der Waals surface area contributed by atoms with Gasteiger partial charge >= 0.3 is 5.97 Å². The number of rotatable bonds is 5. The lowest BCUT2D eigenvalue weighted by atomic mass is 10.2. The summed E-state index contributed by atoms with van der Waals surface area (Å²) in [6, 6.07) is 11.5. The van der Waals surface area contributed by atoms with Gasteiger partial charge in [0, 0.05) is 19.2 Å². The second-order valence-electron chi connectivity index (χ2n) is 4.46. The number of aryl methyl sites for hydroxylation is 1. The van der Waals surface area contributed by atoms with E-state index < -0.39 is 5.97 Å². The molecule has 0 fully saturated rings. The Morgan fingerprint density at radius 3 is 2.55 bits per heavy atom. The summed E-state index contributed by atoms with van der Waals surface area (Å²) in [5, 5.41) is 9.07. The molecule has 1 aromatic heterocycles. The maximum Gasteiger partial charge on any atom is 0.354 e. The van der Waals surface area contributed by atoms with Gasteiger partial charge in [0.2, 0.25) is 0 Å². The van der Waals surface area contributed by atoms with E-state index in [9.17, 15) is 4.79 Å². The zero-order valence-electron chi connectivity index (χ0n) is 11.6. The third-order valence-corrected chi connectivity index (χ3v) is 2.97. The third-order valence-electron chi connectivity index (χ3n) is 2.97. The van der Waals surface area contributed by atoms with E-state index in [1.165, 1.54) is 6.07 Å². The van der Waals surface area contributed by atoms with Crippen LogP contribution in [0.4, 0.5) is 5.82 Å². The minimum absolute atomic E-state index is 0.0269. The molecule has 1 heterocycles. The first-order valence-corrected chi connectivity index (χ1v) is 6.48. The molecule has 0 aliphatic carbocycles. The Bertz CT molecular complexity index is 599. The van der Waals surface area contributed by atoms with E-state index in [1.54, 1.807) is 6.92 Å². The number of carbonyl (C=O) groups is 1. The average Bonchev–Trinajstić information content (AvgIpc) is 2.45. The molecular weight excluding hydrogens is 254 g/mol. The maximum absolute atomic E-state index is 11.1. The smallest absolute Gasteiger partial charge is 0.354 e. The van der Waals surface area contributed by atoms with Gasteiger partial charge in [-0.05, 0) is 19.4 Å². The van der Waals surface area contributed by atoms with Crippen molar-refractivity contribution in [3.63, 3.8) is 0 Å². The fourth-order valence-corrected chi connectivity index (χ4v) is 1.98.